The number of para-hydroxylation sites is 1. The maximum Gasteiger partial charge on any atom is 0.416 e. The van der Waals surface area contributed by atoms with E-state index in [-0.39, 0.29) is 17.2 Å². The smallest absolute Gasteiger partial charge is 0.416 e. The van der Waals surface area contributed by atoms with E-state index in [0.29, 0.717) is 26.2 Å². The molecule has 3 heterocycles. The Labute approximate surface area is 238 Å². The van der Waals surface area contributed by atoms with Crippen LogP contribution in [-0.2, 0) is 22.4 Å². The maximum absolute atomic E-state index is 13.9. The molecule has 3 atom stereocenters. The van der Waals surface area contributed by atoms with Gasteiger partial charge in [0.05, 0.1) is 22.2 Å². The molecule has 12 heteroatoms. The number of halogens is 4. The minimum absolute atomic E-state index is 0.152. The summed E-state index contributed by atoms with van der Waals surface area (Å²) in [5.74, 6) is -2.54. The fourth-order valence-electron chi connectivity index (χ4n) is 5.08. The predicted molar refractivity (Wildman–Crippen MR) is 146 cm³/mol. The van der Waals surface area contributed by atoms with Gasteiger partial charge in [-0.15, -0.1) is 0 Å². The Bertz CT molecular complexity index is 1700. The predicted octanol–water partition coefficient (Wildman–Crippen LogP) is 6.48. The van der Waals surface area contributed by atoms with Crippen molar-refractivity contribution < 1.29 is 27.5 Å². The minimum Gasteiger partial charge on any atom is -0.489 e. The molecule has 204 valence electrons. The molecule has 1 fully saturated rings. The molecule has 40 heavy (non-hydrogen) atoms. The van der Waals surface area contributed by atoms with Gasteiger partial charge in [-0.25, -0.2) is 4.90 Å². The zero-order chi connectivity index (χ0) is 28.2. The van der Waals surface area contributed by atoms with E-state index in [0.717, 1.165) is 45.7 Å². The SMILES string of the molecule is O=C1[C@H]2[C@H](c3ccccc3OCc3cccc(Cl)c3)c3sc(=O)[nH]c3S[C@H]2C(=O)N1c1cccc(C(F)(F)F)c1. The number of hydrogen-bond donors (Lipinski definition) is 1. The van der Waals surface area contributed by atoms with E-state index >= 15 is 0 Å². The normalized spacial score (nSPS) is 20.4. The van der Waals surface area contributed by atoms with Gasteiger partial charge in [0.1, 0.15) is 17.6 Å². The van der Waals surface area contributed by atoms with Crippen molar-refractivity contribution in [1.82, 2.24) is 4.98 Å². The number of alkyl halides is 3. The van der Waals surface area contributed by atoms with Crippen molar-refractivity contribution in [2.75, 3.05) is 4.90 Å². The highest BCUT2D eigenvalue weighted by atomic mass is 35.5. The summed E-state index contributed by atoms with van der Waals surface area (Å²) in [4.78, 5) is 43.7. The number of carbonyl (C=O) groups excluding carboxylic acids is 2. The lowest BCUT2D eigenvalue weighted by molar-refractivity contribution is -0.137. The third-order valence-electron chi connectivity index (χ3n) is 6.79. The maximum atomic E-state index is 13.9. The lowest BCUT2D eigenvalue weighted by Gasteiger charge is -2.30. The molecule has 0 aliphatic carbocycles. The zero-order valence-electron chi connectivity index (χ0n) is 20.3. The summed E-state index contributed by atoms with van der Waals surface area (Å²) < 4.78 is 46.4. The first-order valence-corrected chi connectivity index (χ1v) is 14.1. The number of amides is 2. The van der Waals surface area contributed by atoms with Crippen molar-refractivity contribution in [3.05, 3.63) is 109 Å². The molecule has 1 N–H and O–H groups in total. The molecular formula is C28H18ClF3N2O4S2. The molecule has 0 spiro atoms. The van der Waals surface area contributed by atoms with Crippen LogP contribution >= 0.6 is 34.7 Å². The quantitative estimate of drug-likeness (QED) is 0.264. The lowest BCUT2D eigenvalue weighted by Crippen LogP contribution is -2.32. The van der Waals surface area contributed by atoms with Crippen LogP contribution in [-0.4, -0.2) is 22.0 Å². The zero-order valence-corrected chi connectivity index (χ0v) is 22.7. The second kappa shape index (κ2) is 10.1. The second-order valence-electron chi connectivity index (χ2n) is 9.27. The van der Waals surface area contributed by atoms with Crippen molar-refractivity contribution in [3.63, 3.8) is 0 Å². The number of carbonyl (C=O) groups is 2. The van der Waals surface area contributed by atoms with Gasteiger partial charge in [0.15, 0.2) is 0 Å². The van der Waals surface area contributed by atoms with Gasteiger partial charge in [-0.1, -0.05) is 71.1 Å². The van der Waals surface area contributed by atoms with Gasteiger partial charge in [-0.05, 0) is 42.0 Å². The van der Waals surface area contributed by atoms with Gasteiger partial charge in [0.2, 0.25) is 11.8 Å². The monoisotopic (exact) mass is 602 g/mol. The third-order valence-corrected chi connectivity index (χ3v) is 9.43. The molecule has 0 bridgehead atoms. The number of rotatable bonds is 5. The fraction of sp³-hybridized carbons (Fsp3) is 0.179. The Morgan fingerprint density at radius 2 is 1.73 bits per heavy atom. The summed E-state index contributed by atoms with van der Waals surface area (Å²) >= 11 is 8.09. The number of anilines is 1. The van der Waals surface area contributed by atoms with Crippen LogP contribution in [0.2, 0.25) is 5.02 Å². The standard InChI is InChI=1S/C28H18ClF3N2O4S2/c29-16-7-3-5-14(11-16)13-38-19-10-2-1-9-18(19)20-21-23(39-24-22(20)40-27(37)33-24)26(36)34(25(21)35)17-8-4-6-15(12-17)28(30,31)32/h1-12,20-21,23H,13H2,(H,33,37)/t20-,21-,23+/m0/s1. The molecule has 1 aromatic heterocycles. The van der Waals surface area contributed by atoms with E-state index in [1.165, 1.54) is 12.1 Å². The van der Waals surface area contributed by atoms with Crippen molar-refractivity contribution in [1.29, 1.82) is 0 Å². The first kappa shape index (κ1) is 26.7. The van der Waals surface area contributed by atoms with Crippen LogP contribution in [0.3, 0.4) is 0 Å². The third kappa shape index (κ3) is 4.71. The van der Waals surface area contributed by atoms with Gasteiger partial charge >= 0.3 is 11.0 Å². The molecular weight excluding hydrogens is 585 g/mol. The number of nitrogens with one attached hydrogen (secondary N) is 1. The average Bonchev–Trinajstić information content (AvgIpc) is 3.41. The summed E-state index contributed by atoms with van der Waals surface area (Å²) in [6.07, 6.45) is -4.64. The van der Waals surface area contributed by atoms with Crippen LogP contribution in [0.4, 0.5) is 18.9 Å². The number of thioether (sulfide) groups is 1. The number of hydrogen-bond acceptors (Lipinski definition) is 6. The molecule has 3 aromatic carbocycles. The van der Waals surface area contributed by atoms with Crippen LogP contribution in [0.5, 0.6) is 5.75 Å². The highest BCUT2D eigenvalue weighted by molar-refractivity contribution is 8.00. The van der Waals surface area contributed by atoms with Gasteiger partial charge in [0, 0.05) is 21.4 Å². The molecule has 2 aliphatic heterocycles. The van der Waals surface area contributed by atoms with Crippen molar-refractivity contribution in [2.45, 2.75) is 29.0 Å². The molecule has 2 amide bonds. The highest BCUT2D eigenvalue weighted by Gasteiger charge is 2.57. The lowest BCUT2D eigenvalue weighted by atomic mass is 9.82. The number of fused-ring (bicyclic) bond motifs is 2. The Hall–Kier alpha value is -3.54. The van der Waals surface area contributed by atoms with Gasteiger partial charge in [0.25, 0.3) is 0 Å². The van der Waals surface area contributed by atoms with Crippen LogP contribution in [0.15, 0.2) is 82.6 Å². The first-order chi connectivity index (χ1) is 19.1. The molecule has 1 saturated heterocycles. The van der Waals surface area contributed by atoms with Crippen LogP contribution in [0.1, 0.15) is 27.5 Å². The number of aromatic nitrogens is 1. The molecule has 6 nitrogen and oxygen atoms in total. The Kier molecular flexibility index (Phi) is 6.76. The number of benzene rings is 3. The second-order valence-corrected chi connectivity index (χ2v) is 11.9. The van der Waals surface area contributed by atoms with E-state index in [2.05, 4.69) is 4.98 Å². The van der Waals surface area contributed by atoms with Crippen molar-refractivity contribution >= 4 is 52.2 Å². The number of H-pyrrole nitrogens is 1. The molecule has 0 radical (unpaired) electrons. The summed E-state index contributed by atoms with van der Waals surface area (Å²) in [6, 6.07) is 18.3. The number of nitrogens with zero attached hydrogens (tertiary/aromatic N) is 1. The molecule has 4 aromatic rings. The highest BCUT2D eigenvalue weighted by Crippen LogP contribution is 2.54. The minimum atomic E-state index is -4.64. The van der Waals surface area contributed by atoms with Gasteiger partial charge in [-0.2, -0.15) is 13.2 Å². The van der Waals surface area contributed by atoms with E-state index < -0.39 is 40.6 Å². The van der Waals surface area contributed by atoms with Crippen LogP contribution < -0.4 is 14.5 Å². The topological polar surface area (TPSA) is 79.5 Å². The van der Waals surface area contributed by atoms with Crippen molar-refractivity contribution in [3.8, 4) is 5.75 Å². The van der Waals surface area contributed by atoms with E-state index in [1.54, 1.807) is 42.5 Å². The number of ether oxygens (including phenoxy) is 1. The van der Waals surface area contributed by atoms with Gasteiger partial charge < -0.3 is 9.72 Å². The van der Waals surface area contributed by atoms with Crippen LogP contribution in [0, 0.1) is 5.92 Å². The summed E-state index contributed by atoms with van der Waals surface area (Å²) in [5.41, 5.74) is 0.284. The summed E-state index contributed by atoms with van der Waals surface area (Å²) in [5, 5.41) is 0.0525. The number of imide groups is 1. The Morgan fingerprint density at radius 3 is 2.50 bits per heavy atom. The largest absolute Gasteiger partial charge is 0.489 e. The van der Waals surface area contributed by atoms with Gasteiger partial charge in [-0.3, -0.25) is 14.4 Å². The van der Waals surface area contributed by atoms with Crippen LogP contribution in [0.25, 0.3) is 0 Å². The molecule has 2 aliphatic rings. The number of aromatic amines is 1. The Morgan fingerprint density at radius 1 is 0.950 bits per heavy atom. The summed E-state index contributed by atoms with van der Waals surface area (Å²) in [6.45, 7) is 0.173. The Balaban J connectivity index is 1.42. The fourth-order valence-corrected chi connectivity index (χ4v) is 7.80. The van der Waals surface area contributed by atoms with Crippen molar-refractivity contribution in [2.24, 2.45) is 5.92 Å². The molecule has 0 unspecified atom stereocenters. The summed E-state index contributed by atoms with van der Waals surface area (Å²) in [7, 11) is 0. The molecule has 6 rings (SSSR count). The number of thiazole rings is 1. The van der Waals surface area contributed by atoms with E-state index in [1.807, 2.05) is 6.07 Å². The van der Waals surface area contributed by atoms with E-state index in [9.17, 15) is 27.6 Å². The molecule has 0 saturated carbocycles. The average molecular weight is 603 g/mol. The van der Waals surface area contributed by atoms with E-state index in [4.69, 9.17) is 16.3 Å². The first-order valence-electron chi connectivity index (χ1n) is 12.0.